The van der Waals surface area contributed by atoms with Gasteiger partial charge in [-0.3, -0.25) is 4.79 Å². The van der Waals surface area contributed by atoms with Crippen molar-refractivity contribution < 1.29 is 4.79 Å². The highest BCUT2D eigenvalue weighted by atomic mass is 16.2. The highest BCUT2D eigenvalue weighted by Gasteiger charge is 2.22. The van der Waals surface area contributed by atoms with Crippen molar-refractivity contribution >= 4 is 5.91 Å². The molecular weight excluding hydrogens is 164 g/mol. The predicted octanol–water partition coefficient (Wildman–Crippen LogP) is 0.447. The number of amides is 1. The molecule has 1 aromatic carbocycles. The molecule has 3 nitrogen and oxygen atoms in total. The summed E-state index contributed by atoms with van der Waals surface area (Å²) in [6, 6.07) is 9.59. The third kappa shape index (κ3) is 1.70. The summed E-state index contributed by atoms with van der Waals surface area (Å²) in [5.74, 6) is 0.0671. The van der Waals surface area contributed by atoms with Gasteiger partial charge >= 0.3 is 0 Å². The van der Waals surface area contributed by atoms with Crippen LogP contribution in [-0.2, 0) is 4.79 Å². The Morgan fingerprint density at radius 1 is 1.15 bits per heavy atom. The molecule has 1 aliphatic rings. The first-order valence-electron chi connectivity index (χ1n) is 4.44. The van der Waals surface area contributed by atoms with Crippen LogP contribution in [-0.4, -0.2) is 19.0 Å². The summed E-state index contributed by atoms with van der Waals surface area (Å²) in [4.78, 5) is 11.4. The number of carbonyl (C=O) groups is 1. The maximum absolute atomic E-state index is 11.4. The molecule has 3 heteroatoms. The van der Waals surface area contributed by atoms with Gasteiger partial charge in [0.25, 0.3) is 0 Å². The first kappa shape index (κ1) is 8.26. The van der Waals surface area contributed by atoms with E-state index in [2.05, 4.69) is 10.6 Å². The fraction of sp³-hybridized carbons (Fsp3) is 0.300. The summed E-state index contributed by atoms with van der Waals surface area (Å²) in [6.45, 7) is 1.56. The van der Waals surface area contributed by atoms with E-state index in [1.807, 2.05) is 30.3 Å². The Labute approximate surface area is 77.1 Å². The van der Waals surface area contributed by atoms with Gasteiger partial charge < -0.3 is 10.6 Å². The van der Waals surface area contributed by atoms with Crippen molar-refractivity contribution in [3.05, 3.63) is 35.9 Å². The van der Waals surface area contributed by atoms with Crippen molar-refractivity contribution in [2.75, 3.05) is 13.1 Å². The van der Waals surface area contributed by atoms with Crippen LogP contribution < -0.4 is 10.6 Å². The van der Waals surface area contributed by atoms with Crippen LogP contribution in [0.1, 0.15) is 11.6 Å². The normalized spacial score (nSPS) is 22.5. The minimum atomic E-state index is -0.171. The van der Waals surface area contributed by atoms with E-state index in [4.69, 9.17) is 0 Å². The van der Waals surface area contributed by atoms with Crippen molar-refractivity contribution in [3.8, 4) is 0 Å². The SMILES string of the molecule is O=C1NCCN[C@@H]1c1ccccc1. The van der Waals surface area contributed by atoms with E-state index in [1.165, 1.54) is 0 Å². The van der Waals surface area contributed by atoms with Crippen molar-refractivity contribution in [1.29, 1.82) is 0 Å². The molecule has 1 aromatic rings. The minimum absolute atomic E-state index is 0.0671. The van der Waals surface area contributed by atoms with Crippen LogP contribution in [0.3, 0.4) is 0 Å². The Kier molecular flexibility index (Phi) is 2.27. The molecule has 0 unspecified atom stereocenters. The summed E-state index contributed by atoms with van der Waals surface area (Å²) in [7, 11) is 0. The van der Waals surface area contributed by atoms with Gasteiger partial charge in [-0.25, -0.2) is 0 Å². The molecule has 1 aliphatic heterocycles. The predicted molar refractivity (Wildman–Crippen MR) is 50.2 cm³/mol. The van der Waals surface area contributed by atoms with E-state index < -0.39 is 0 Å². The summed E-state index contributed by atoms with van der Waals surface area (Å²) in [5, 5.41) is 6.00. The average molecular weight is 176 g/mol. The molecule has 1 atom stereocenters. The van der Waals surface area contributed by atoms with Crippen LogP contribution in [0, 0.1) is 0 Å². The van der Waals surface area contributed by atoms with E-state index in [0.29, 0.717) is 0 Å². The Hall–Kier alpha value is -1.35. The minimum Gasteiger partial charge on any atom is -0.353 e. The van der Waals surface area contributed by atoms with Crippen molar-refractivity contribution in [2.45, 2.75) is 6.04 Å². The zero-order valence-electron chi connectivity index (χ0n) is 7.29. The van der Waals surface area contributed by atoms with Crippen LogP contribution in [0.2, 0.25) is 0 Å². The van der Waals surface area contributed by atoms with E-state index >= 15 is 0 Å². The molecule has 1 saturated heterocycles. The van der Waals surface area contributed by atoms with Crippen LogP contribution in [0.5, 0.6) is 0 Å². The van der Waals surface area contributed by atoms with Gasteiger partial charge in [0.15, 0.2) is 0 Å². The number of rotatable bonds is 1. The summed E-state index contributed by atoms with van der Waals surface area (Å²) < 4.78 is 0. The number of benzene rings is 1. The Bertz CT molecular complexity index is 297. The summed E-state index contributed by atoms with van der Waals surface area (Å²) in [6.07, 6.45) is 0. The zero-order valence-corrected chi connectivity index (χ0v) is 7.29. The Balaban J connectivity index is 2.20. The van der Waals surface area contributed by atoms with Crippen LogP contribution in [0.4, 0.5) is 0 Å². The maximum Gasteiger partial charge on any atom is 0.241 e. The number of carbonyl (C=O) groups excluding carboxylic acids is 1. The first-order valence-corrected chi connectivity index (χ1v) is 4.44. The van der Waals surface area contributed by atoms with Crippen LogP contribution in [0.25, 0.3) is 0 Å². The van der Waals surface area contributed by atoms with Gasteiger partial charge in [0.05, 0.1) is 0 Å². The maximum atomic E-state index is 11.4. The van der Waals surface area contributed by atoms with Gasteiger partial charge in [-0.15, -0.1) is 0 Å². The topological polar surface area (TPSA) is 41.1 Å². The molecule has 0 aliphatic carbocycles. The highest BCUT2D eigenvalue weighted by Crippen LogP contribution is 2.13. The first-order chi connectivity index (χ1) is 6.38. The summed E-state index contributed by atoms with van der Waals surface area (Å²) >= 11 is 0. The molecule has 0 radical (unpaired) electrons. The van der Waals surface area contributed by atoms with Gasteiger partial charge in [-0.1, -0.05) is 30.3 Å². The molecule has 1 fully saturated rings. The molecule has 1 amide bonds. The third-order valence-electron chi connectivity index (χ3n) is 2.17. The Morgan fingerprint density at radius 3 is 2.62 bits per heavy atom. The number of hydrogen-bond donors (Lipinski definition) is 2. The van der Waals surface area contributed by atoms with Crippen molar-refractivity contribution in [1.82, 2.24) is 10.6 Å². The zero-order chi connectivity index (χ0) is 9.10. The van der Waals surface area contributed by atoms with Gasteiger partial charge in [-0.2, -0.15) is 0 Å². The molecular formula is C10H12N2O. The molecule has 1 heterocycles. The van der Waals surface area contributed by atoms with E-state index in [0.717, 1.165) is 18.7 Å². The fourth-order valence-corrected chi connectivity index (χ4v) is 1.51. The molecule has 0 aromatic heterocycles. The molecule has 0 bridgehead atoms. The number of piperazine rings is 1. The Morgan fingerprint density at radius 2 is 1.92 bits per heavy atom. The van der Waals surface area contributed by atoms with E-state index in [1.54, 1.807) is 0 Å². The summed E-state index contributed by atoms with van der Waals surface area (Å²) in [5.41, 5.74) is 1.03. The number of nitrogens with one attached hydrogen (secondary N) is 2. The highest BCUT2D eigenvalue weighted by molar-refractivity contribution is 5.83. The monoisotopic (exact) mass is 176 g/mol. The van der Waals surface area contributed by atoms with Crippen LogP contribution >= 0.6 is 0 Å². The lowest BCUT2D eigenvalue weighted by molar-refractivity contribution is -0.124. The van der Waals surface area contributed by atoms with Crippen molar-refractivity contribution in [2.24, 2.45) is 0 Å². The van der Waals surface area contributed by atoms with Gasteiger partial charge in [0.2, 0.25) is 5.91 Å². The second-order valence-electron chi connectivity index (χ2n) is 3.09. The van der Waals surface area contributed by atoms with E-state index in [9.17, 15) is 4.79 Å². The smallest absolute Gasteiger partial charge is 0.241 e. The number of hydrogen-bond acceptors (Lipinski definition) is 2. The van der Waals surface area contributed by atoms with Gasteiger partial charge in [0.1, 0.15) is 6.04 Å². The average Bonchev–Trinajstić information content (AvgIpc) is 2.20. The molecule has 0 saturated carbocycles. The third-order valence-corrected chi connectivity index (χ3v) is 2.17. The molecule has 2 N–H and O–H groups in total. The molecule has 0 spiro atoms. The second-order valence-corrected chi connectivity index (χ2v) is 3.09. The van der Waals surface area contributed by atoms with Gasteiger partial charge in [0, 0.05) is 13.1 Å². The van der Waals surface area contributed by atoms with Crippen molar-refractivity contribution in [3.63, 3.8) is 0 Å². The lowest BCUT2D eigenvalue weighted by atomic mass is 10.1. The molecule has 13 heavy (non-hydrogen) atoms. The van der Waals surface area contributed by atoms with E-state index in [-0.39, 0.29) is 11.9 Å². The van der Waals surface area contributed by atoms with Gasteiger partial charge in [-0.05, 0) is 5.56 Å². The van der Waals surface area contributed by atoms with Crippen LogP contribution in [0.15, 0.2) is 30.3 Å². The second kappa shape index (κ2) is 3.58. The largest absolute Gasteiger partial charge is 0.353 e. The lowest BCUT2D eigenvalue weighted by Crippen LogP contribution is -2.47. The standard InChI is InChI=1S/C10H12N2O/c13-10-9(11-6-7-12-10)8-4-2-1-3-5-8/h1-5,9,11H,6-7H2,(H,12,13)/t9-/m1/s1. The molecule has 2 rings (SSSR count). The quantitative estimate of drug-likeness (QED) is 0.652. The molecule has 68 valence electrons. The fourth-order valence-electron chi connectivity index (χ4n) is 1.51. The lowest BCUT2D eigenvalue weighted by Gasteiger charge is -2.23.